The molecule has 0 saturated heterocycles. The molecule has 1 aliphatic heterocycles. The number of rotatable bonds is 8. The molecule has 0 fully saturated rings. The molecular weight excluding hydrogens is 678 g/mol. The van der Waals surface area contributed by atoms with E-state index in [2.05, 4.69) is 55.4 Å². The molecule has 52 heavy (non-hydrogen) atoms. The lowest BCUT2D eigenvalue weighted by Crippen LogP contribution is -2.34. The van der Waals surface area contributed by atoms with Crippen molar-refractivity contribution in [2.24, 2.45) is 0 Å². The molecule has 6 aromatic rings. The molecule has 4 N–H and O–H groups in total. The van der Waals surface area contributed by atoms with Gasteiger partial charge in [-0.05, 0) is 61.0 Å². The molecule has 0 radical (unpaired) electrons. The highest BCUT2D eigenvalue weighted by Gasteiger charge is 2.28. The fourth-order valence-electron chi connectivity index (χ4n) is 6.14. The number of amides is 1. The van der Waals surface area contributed by atoms with Crippen LogP contribution in [0.1, 0.15) is 40.9 Å². The third kappa shape index (κ3) is 7.64. The molecule has 1 aliphatic rings. The van der Waals surface area contributed by atoms with Crippen molar-refractivity contribution in [1.82, 2.24) is 30.2 Å². The second-order valence-corrected chi connectivity index (χ2v) is 12.9. The largest absolute Gasteiger partial charge is 0.473 e. The number of carbonyl (C=O) groups excluding carboxylic acids is 1. The Hall–Kier alpha value is -6.08. The Labute approximate surface area is 306 Å². The van der Waals surface area contributed by atoms with Crippen LogP contribution in [0.15, 0.2) is 103 Å². The van der Waals surface area contributed by atoms with Crippen molar-refractivity contribution >= 4 is 46.2 Å². The zero-order chi connectivity index (χ0) is 36.0. The van der Waals surface area contributed by atoms with Gasteiger partial charge in [0.15, 0.2) is 10.8 Å². The minimum atomic E-state index is -0.493. The average molecular weight is 716 g/mol. The maximum atomic E-state index is 14.6. The van der Waals surface area contributed by atoms with Gasteiger partial charge in [-0.1, -0.05) is 72.8 Å². The second-order valence-electron chi connectivity index (χ2n) is 12.5. The lowest BCUT2D eigenvalue weighted by atomic mass is 10.0. The third-order valence-corrected chi connectivity index (χ3v) is 8.82. The fraction of sp³-hybridized carbons (Fsp3) is 0.205. The summed E-state index contributed by atoms with van der Waals surface area (Å²) in [7, 11) is 0. The summed E-state index contributed by atoms with van der Waals surface area (Å²) in [6.07, 6.45) is 2.22. The summed E-state index contributed by atoms with van der Waals surface area (Å²) >= 11 is 5.43. The molecule has 3 aromatic carbocycles. The van der Waals surface area contributed by atoms with Gasteiger partial charge in [-0.2, -0.15) is 9.61 Å². The molecule has 0 saturated carbocycles. The lowest BCUT2D eigenvalue weighted by molar-refractivity contribution is 0.0932. The molecule has 13 heteroatoms. The third-order valence-electron chi connectivity index (χ3n) is 8.57. The SMILES string of the molecule is CCNC(=S)Nc1ccc(-c2c3nc4c(cnn4c2N(Cc2ccccc2)Cc2ccccc2)C(=O)NC[C@H](C)Oc2ncc(F)cc2CN3)cc1. The average Bonchev–Trinajstić information content (AvgIpc) is 3.58. The minimum absolute atomic E-state index is 0.140. The van der Waals surface area contributed by atoms with Crippen molar-refractivity contribution in [3.8, 4) is 17.0 Å². The summed E-state index contributed by atoms with van der Waals surface area (Å²) in [6.45, 7) is 5.86. The number of halogens is 1. The van der Waals surface area contributed by atoms with Gasteiger partial charge in [0.25, 0.3) is 5.91 Å². The summed E-state index contributed by atoms with van der Waals surface area (Å²) in [6, 6.07) is 29.6. The van der Waals surface area contributed by atoms with E-state index in [1.165, 1.54) is 6.07 Å². The van der Waals surface area contributed by atoms with E-state index in [1.54, 1.807) is 10.7 Å². The van der Waals surface area contributed by atoms with Gasteiger partial charge in [0.05, 0.1) is 24.5 Å². The van der Waals surface area contributed by atoms with Crippen LogP contribution in [0.25, 0.3) is 16.8 Å². The van der Waals surface area contributed by atoms with Gasteiger partial charge >= 0.3 is 0 Å². The van der Waals surface area contributed by atoms with Crippen LogP contribution in [0.5, 0.6) is 5.88 Å². The smallest absolute Gasteiger partial charge is 0.256 e. The van der Waals surface area contributed by atoms with E-state index >= 15 is 0 Å². The monoisotopic (exact) mass is 715 g/mol. The molecule has 0 unspecified atom stereocenters. The van der Waals surface area contributed by atoms with Gasteiger partial charge in [-0.3, -0.25) is 4.79 Å². The first-order valence-corrected chi connectivity index (χ1v) is 17.5. The van der Waals surface area contributed by atoms with Gasteiger partial charge in [0.2, 0.25) is 5.88 Å². The molecule has 1 atom stereocenters. The Morgan fingerprint density at radius 2 is 1.69 bits per heavy atom. The van der Waals surface area contributed by atoms with Crippen LogP contribution in [0, 0.1) is 5.82 Å². The molecule has 3 aromatic heterocycles. The molecule has 1 amide bonds. The maximum absolute atomic E-state index is 14.6. The zero-order valence-electron chi connectivity index (χ0n) is 28.8. The van der Waals surface area contributed by atoms with Crippen LogP contribution in [0.3, 0.4) is 0 Å². The first-order chi connectivity index (χ1) is 25.4. The zero-order valence-corrected chi connectivity index (χ0v) is 29.6. The van der Waals surface area contributed by atoms with Crippen LogP contribution < -0.4 is 30.9 Å². The van der Waals surface area contributed by atoms with Crippen LogP contribution >= 0.6 is 12.2 Å². The number of thiocarbonyl (C=S) groups is 1. The van der Waals surface area contributed by atoms with Crippen molar-refractivity contribution in [2.75, 3.05) is 28.6 Å². The van der Waals surface area contributed by atoms with Crippen molar-refractivity contribution < 1.29 is 13.9 Å². The van der Waals surface area contributed by atoms with E-state index in [4.69, 9.17) is 27.0 Å². The van der Waals surface area contributed by atoms with Gasteiger partial charge in [0, 0.05) is 37.4 Å². The highest BCUT2D eigenvalue weighted by atomic mass is 32.1. The van der Waals surface area contributed by atoms with E-state index in [-0.39, 0.29) is 24.9 Å². The number of anilines is 3. The van der Waals surface area contributed by atoms with E-state index < -0.39 is 11.9 Å². The van der Waals surface area contributed by atoms with Crippen LogP contribution in [0.2, 0.25) is 0 Å². The van der Waals surface area contributed by atoms with Gasteiger partial charge in [0.1, 0.15) is 29.1 Å². The molecular formula is C39H38FN9O2S. The number of fused-ring (bicyclic) bond motifs is 2. The summed E-state index contributed by atoms with van der Waals surface area (Å²) in [5.74, 6) is 0.601. The first kappa shape index (κ1) is 34.4. The number of ether oxygens (including phenoxy) is 1. The number of pyridine rings is 1. The normalized spacial score (nSPS) is 14.1. The summed E-state index contributed by atoms with van der Waals surface area (Å²) in [4.78, 5) is 25.3. The van der Waals surface area contributed by atoms with Crippen LogP contribution in [-0.4, -0.2) is 49.8 Å². The Balaban J connectivity index is 1.46. The van der Waals surface area contributed by atoms with Crippen LogP contribution in [-0.2, 0) is 19.6 Å². The summed E-state index contributed by atoms with van der Waals surface area (Å²) in [5, 5.41) is 18.1. The lowest BCUT2D eigenvalue weighted by Gasteiger charge is -2.29. The number of hydrogen-bond acceptors (Lipinski definition) is 8. The highest BCUT2D eigenvalue weighted by molar-refractivity contribution is 7.80. The molecule has 4 heterocycles. The van der Waals surface area contributed by atoms with Crippen molar-refractivity contribution in [2.45, 2.75) is 39.6 Å². The minimum Gasteiger partial charge on any atom is -0.473 e. The fourth-order valence-corrected chi connectivity index (χ4v) is 6.40. The van der Waals surface area contributed by atoms with Gasteiger partial charge in [-0.25, -0.2) is 14.4 Å². The van der Waals surface area contributed by atoms with Crippen molar-refractivity contribution in [3.63, 3.8) is 0 Å². The standard InChI is InChI=1S/C39H38FN9O2S/c1-3-41-39(52)46-31-16-14-28(15-17-31)33-34-42-20-29-18-30(40)21-44-37(29)51-25(2)19-43-36(50)32-22-45-49(35(32)47-34)38(33)48(23-26-10-6-4-7-11-26)24-27-12-8-5-9-13-27/h4-18,21-22,25H,3,19-20,23-24H2,1-2H3,(H,42,47)(H,43,50)(H2,41,46,52)/t25-/m0/s1. The number of nitrogens with zero attached hydrogens (tertiary/aromatic N) is 5. The van der Waals surface area contributed by atoms with E-state index in [0.717, 1.165) is 34.1 Å². The van der Waals surface area contributed by atoms with Gasteiger partial charge in [-0.15, -0.1) is 0 Å². The molecule has 7 rings (SSSR count). The topological polar surface area (TPSA) is 121 Å². The number of hydrogen-bond donors (Lipinski definition) is 4. The van der Waals surface area contributed by atoms with E-state index in [9.17, 15) is 9.18 Å². The Kier molecular flexibility index (Phi) is 10.2. The Morgan fingerprint density at radius 3 is 2.37 bits per heavy atom. The maximum Gasteiger partial charge on any atom is 0.256 e. The predicted octanol–water partition coefficient (Wildman–Crippen LogP) is 6.57. The number of nitrogens with one attached hydrogen (secondary N) is 4. The summed E-state index contributed by atoms with van der Waals surface area (Å²) in [5.41, 5.74) is 5.70. The van der Waals surface area contributed by atoms with Crippen molar-refractivity contribution in [3.05, 3.63) is 131 Å². The predicted molar refractivity (Wildman–Crippen MR) is 205 cm³/mol. The molecule has 2 bridgehead atoms. The molecule has 264 valence electrons. The first-order valence-electron chi connectivity index (χ1n) is 17.1. The number of carbonyl (C=O) groups is 1. The quantitative estimate of drug-likeness (QED) is 0.129. The van der Waals surface area contributed by atoms with E-state index in [1.807, 2.05) is 74.5 Å². The van der Waals surface area contributed by atoms with Crippen molar-refractivity contribution in [1.29, 1.82) is 0 Å². The number of aromatic nitrogens is 4. The Morgan fingerprint density at radius 1 is 1.00 bits per heavy atom. The summed E-state index contributed by atoms with van der Waals surface area (Å²) < 4.78 is 22.5. The second kappa shape index (κ2) is 15.4. The van der Waals surface area contributed by atoms with Gasteiger partial charge < -0.3 is 30.9 Å². The highest BCUT2D eigenvalue weighted by Crippen LogP contribution is 2.40. The number of benzene rings is 3. The van der Waals surface area contributed by atoms with Crippen LogP contribution in [0.4, 0.5) is 21.7 Å². The molecule has 11 nitrogen and oxygen atoms in total. The Bertz CT molecular complexity index is 2160. The molecule has 0 aliphatic carbocycles. The van der Waals surface area contributed by atoms with E-state index in [0.29, 0.717) is 53.2 Å². The molecule has 0 spiro atoms.